The third-order valence-corrected chi connectivity index (χ3v) is 3.19. The van der Waals surface area contributed by atoms with Crippen molar-refractivity contribution in [3.05, 3.63) is 27.9 Å². The lowest BCUT2D eigenvalue weighted by molar-refractivity contribution is 0.840. The Balaban J connectivity index is 1.98. The highest BCUT2D eigenvalue weighted by Crippen LogP contribution is 2.20. The van der Waals surface area contributed by atoms with E-state index in [1.807, 2.05) is 19.3 Å². The zero-order chi connectivity index (χ0) is 9.97. The summed E-state index contributed by atoms with van der Waals surface area (Å²) in [4.78, 5) is 0. The average Bonchev–Trinajstić information content (AvgIpc) is 2.72. The smallest absolute Gasteiger partial charge is 0.206 e. The van der Waals surface area contributed by atoms with Gasteiger partial charge in [-0.3, -0.25) is 0 Å². The largest absolute Gasteiger partial charge is 0.354 e. The van der Waals surface area contributed by atoms with Crippen LogP contribution in [0.3, 0.4) is 0 Å². The highest BCUT2D eigenvalue weighted by atomic mass is 79.9. The standard InChI is InChI=1S/C8H9BrN4S/c1-13-4-2-3-6(13)5-10-8-12-11-7(9)14-8/h2-4H,5H2,1H3,(H,10,12). The maximum Gasteiger partial charge on any atom is 0.206 e. The summed E-state index contributed by atoms with van der Waals surface area (Å²) in [5, 5.41) is 11.8. The van der Waals surface area contributed by atoms with Crippen molar-refractivity contribution in [3.8, 4) is 0 Å². The molecule has 0 aliphatic rings. The van der Waals surface area contributed by atoms with Gasteiger partial charge < -0.3 is 9.88 Å². The van der Waals surface area contributed by atoms with Gasteiger partial charge >= 0.3 is 0 Å². The van der Waals surface area contributed by atoms with Gasteiger partial charge in [-0.2, -0.15) is 0 Å². The maximum absolute atomic E-state index is 3.95. The van der Waals surface area contributed by atoms with Crippen molar-refractivity contribution < 1.29 is 0 Å². The molecule has 14 heavy (non-hydrogen) atoms. The van der Waals surface area contributed by atoms with Crippen LogP contribution in [0.1, 0.15) is 5.69 Å². The van der Waals surface area contributed by atoms with E-state index < -0.39 is 0 Å². The molecular formula is C8H9BrN4S. The van der Waals surface area contributed by atoms with E-state index in [0.717, 1.165) is 15.6 Å². The minimum Gasteiger partial charge on any atom is -0.354 e. The molecule has 2 aromatic rings. The van der Waals surface area contributed by atoms with Gasteiger partial charge in [-0.1, -0.05) is 11.3 Å². The Labute approximate surface area is 94.1 Å². The monoisotopic (exact) mass is 272 g/mol. The second-order valence-corrected chi connectivity index (χ2v) is 5.08. The fraction of sp³-hybridized carbons (Fsp3) is 0.250. The van der Waals surface area contributed by atoms with Crippen molar-refractivity contribution in [2.45, 2.75) is 6.54 Å². The van der Waals surface area contributed by atoms with Crippen LogP contribution in [0.25, 0.3) is 0 Å². The van der Waals surface area contributed by atoms with Gasteiger partial charge in [0.1, 0.15) is 0 Å². The average molecular weight is 273 g/mol. The van der Waals surface area contributed by atoms with Crippen LogP contribution in [0.2, 0.25) is 0 Å². The molecule has 0 fully saturated rings. The lowest BCUT2D eigenvalue weighted by atomic mass is 10.4. The van der Waals surface area contributed by atoms with E-state index in [4.69, 9.17) is 0 Å². The molecule has 0 aliphatic heterocycles. The summed E-state index contributed by atoms with van der Waals surface area (Å²) >= 11 is 4.75. The quantitative estimate of drug-likeness (QED) is 0.932. The molecular weight excluding hydrogens is 264 g/mol. The molecule has 74 valence electrons. The Morgan fingerprint density at radius 3 is 3.00 bits per heavy atom. The van der Waals surface area contributed by atoms with Crippen LogP contribution in [-0.4, -0.2) is 14.8 Å². The summed E-state index contributed by atoms with van der Waals surface area (Å²) in [6, 6.07) is 4.09. The first kappa shape index (κ1) is 9.67. The first-order valence-electron chi connectivity index (χ1n) is 4.09. The van der Waals surface area contributed by atoms with Crippen LogP contribution in [0, 0.1) is 0 Å². The zero-order valence-electron chi connectivity index (χ0n) is 7.57. The Kier molecular flexibility index (Phi) is 2.83. The van der Waals surface area contributed by atoms with E-state index >= 15 is 0 Å². The molecule has 0 aliphatic carbocycles. The normalized spacial score (nSPS) is 10.4. The summed E-state index contributed by atoms with van der Waals surface area (Å²) < 4.78 is 2.87. The highest BCUT2D eigenvalue weighted by Gasteiger charge is 2.01. The van der Waals surface area contributed by atoms with Gasteiger partial charge in [-0.05, 0) is 28.1 Å². The van der Waals surface area contributed by atoms with Crippen LogP contribution >= 0.6 is 27.3 Å². The number of aromatic nitrogens is 3. The molecule has 6 heteroatoms. The highest BCUT2D eigenvalue weighted by molar-refractivity contribution is 9.11. The number of nitrogens with one attached hydrogen (secondary N) is 1. The minimum atomic E-state index is 0.769. The van der Waals surface area contributed by atoms with Crippen LogP contribution in [0.5, 0.6) is 0 Å². The summed E-state index contributed by atoms with van der Waals surface area (Å²) in [7, 11) is 2.02. The van der Waals surface area contributed by atoms with Crippen molar-refractivity contribution in [2.24, 2.45) is 7.05 Å². The van der Waals surface area contributed by atoms with Crippen molar-refractivity contribution >= 4 is 32.4 Å². The third kappa shape index (κ3) is 2.13. The SMILES string of the molecule is Cn1cccc1CNc1nnc(Br)s1. The molecule has 0 amide bonds. The van der Waals surface area contributed by atoms with E-state index in [2.05, 4.69) is 42.1 Å². The first-order chi connectivity index (χ1) is 6.75. The summed E-state index contributed by atoms with van der Waals surface area (Å²) in [5.74, 6) is 0. The van der Waals surface area contributed by atoms with Gasteiger partial charge in [0, 0.05) is 18.9 Å². The maximum atomic E-state index is 3.95. The number of aryl methyl sites for hydroxylation is 1. The Morgan fingerprint density at radius 1 is 1.57 bits per heavy atom. The second kappa shape index (κ2) is 4.10. The van der Waals surface area contributed by atoms with Crippen LogP contribution in [-0.2, 0) is 13.6 Å². The minimum absolute atomic E-state index is 0.769. The van der Waals surface area contributed by atoms with Crippen LogP contribution in [0.4, 0.5) is 5.13 Å². The lowest BCUT2D eigenvalue weighted by Gasteiger charge is -2.02. The lowest BCUT2D eigenvalue weighted by Crippen LogP contribution is -2.03. The molecule has 2 aromatic heterocycles. The van der Waals surface area contributed by atoms with E-state index in [-0.39, 0.29) is 0 Å². The van der Waals surface area contributed by atoms with Gasteiger partial charge in [0.25, 0.3) is 0 Å². The fourth-order valence-electron chi connectivity index (χ4n) is 1.12. The second-order valence-electron chi connectivity index (χ2n) is 2.82. The number of hydrogen-bond donors (Lipinski definition) is 1. The van der Waals surface area contributed by atoms with Crippen molar-refractivity contribution in [3.63, 3.8) is 0 Å². The topological polar surface area (TPSA) is 42.7 Å². The Morgan fingerprint density at radius 2 is 2.43 bits per heavy atom. The van der Waals surface area contributed by atoms with Gasteiger partial charge in [-0.15, -0.1) is 10.2 Å². The molecule has 0 saturated carbocycles. The Bertz CT molecular complexity index is 422. The van der Waals surface area contributed by atoms with E-state index in [0.29, 0.717) is 0 Å². The number of anilines is 1. The van der Waals surface area contributed by atoms with Crippen LogP contribution < -0.4 is 5.32 Å². The summed E-state index contributed by atoms with van der Waals surface area (Å²) in [5.41, 5.74) is 1.22. The Hall–Kier alpha value is -0.880. The fourth-order valence-corrected chi connectivity index (χ4v) is 2.13. The van der Waals surface area contributed by atoms with Crippen molar-refractivity contribution in [1.29, 1.82) is 0 Å². The molecule has 4 nitrogen and oxygen atoms in total. The number of hydrogen-bond acceptors (Lipinski definition) is 4. The molecule has 0 radical (unpaired) electrons. The molecule has 0 aromatic carbocycles. The predicted molar refractivity (Wildman–Crippen MR) is 60.3 cm³/mol. The number of rotatable bonds is 3. The zero-order valence-corrected chi connectivity index (χ0v) is 9.97. The van der Waals surface area contributed by atoms with Gasteiger partial charge in [-0.25, -0.2) is 0 Å². The number of halogens is 1. The number of nitrogens with zero attached hydrogens (tertiary/aromatic N) is 3. The summed E-state index contributed by atoms with van der Waals surface area (Å²) in [6.45, 7) is 0.769. The molecule has 0 bridgehead atoms. The predicted octanol–water partition coefficient (Wildman–Crippen LogP) is 2.25. The van der Waals surface area contributed by atoms with E-state index in [1.165, 1.54) is 17.0 Å². The van der Waals surface area contributed by atoms with E-state index in [9.17, 15) is 0 Å². The van der Waals surface area contributed by atoms with Crippen molar-refractivity contribution in [1.82, 2.24) is 14.8 Å². The van der Waals surface area contributed by atoms with Gasteiger partial charge in [0.2, 0.25) is 5.13 Å². The molecule has 0 unspecified atom stereocenters. The summed E-state index contributed by atoms with van der Waals surface area (Å²) in [6.07, 6.45) is 2.02. The molecule has 0 atom stereocenters. The molecule has 0 spiro atoms. The molecule has 0 saturated heterocycles. The van der Waals surface area contributed by atoms with E-state index in [1.54, 1.807) is 0 Å². The third-order valence-electron chi connectivity index (χ3n) is 1.87. The first-order valence-corrected chi connectivity index (χ1v) is 5.70. The van der Waals surface area contributed by atoms with Crippen LogP contribution in [0.15, 0.2) is 22.2 Å². The van der Waals surface area contributed by atoms with Gasteiger partial charge in [0.05, 0.1) is 6.54 Å². The molecule has 1 N–H and O–H groups in total. The van der Waals surface area contributed by atoms with Crippen molar-refractivity contribution in [2.75, 3.05) is 5.32 Å². The molecule has 2 rings (SSSR count). The molecule has 2 heterocycles. The van der Waals surface area contributed by atoms with Gasteiger partial charge in [0.15, 0.2) is 3.92 Å².